The first-order valence-electron chi connectivity index (χ1n) is 8.97. The summed E-state index contributed by atoms with van der Waals surface area (Å²) in [7, 11) is 0. The predicted octanol–water partition coefficient (Wildman–Crippen LogP) is 4.07. The van der Waals surface area contributed by atoms with Crippen LogP contribution in [0.15, 0.2) is 59.1 Å². The van der Waals surface area contributed by atoms with Gasteiger partial charge in [0.15, 0.2) is 0 Å². The Bertz CT molecular complexity index is 942. The van der Waals surface area contributed by atoms with E-state index >= 15 is 0 Å². The molecule has 1 amide bonds. The van der Waals surface area contributed by atoms with Gasteiger partial charge < -0.3 is 14.6 Å². The monoisotopic (exact) mass is 378 g/mol. The molecule has 0 saturated carbocycles. The first-order valence-corrected chi connectivity index (χ1v) is 8.97. The van der Waals surface area contributed by atoms with E-state index in [1.54, 1.807) is 50.2 Å². The second-order valence-corrected chi connectivity index (χ2v) is 6.62. The van der Waals surface area contributed by atoms with Gasteiger partial charge in [-0.05, 0) is 32.9 Å². The van der Waals surface area contributed by atoms with E-state index in [4.69, 9.17) is 9.26 Å². The predicted molar refractivity (Wildman–Crippen MR) is 105 cm³/mol. The van der Waals surface area contributed by atoms with Crippen molar-refractivity contribution in [2.45, 2.75) is 33.3 Å². The van der Waals surface area contributed by atoms with Crippen LogP contribution in [0.2, 0.25) is 0 Å². The van der Waals surface area contributed by atoms with E-state index in [0.29, 0.717) is 28.3 Å². The van der Waals surface area contributed by atoms with Crippen LogP contribution >= 0.6 is 0 Å². The number of rotatable bonds is 6. The summed E-state index contributed by atoms with van der Waals surface area (Å²) in [5.74, 6) is -0.376. The fourth-order valence-corrected chi connectivity index (χ4v) is 2.82. The number of carbonyl (C=O) groups excluding carboxylic acids is 2. The normalized spacial score (nSPS) is 11.7. The van der Waals surface area contributed by atoms with E-state index < -0.39 is 18.0 Å². The van der Waals surface area contributed by atoms with Gasteiger partial charge >= 0.3 is 5.97 Å². The SMILES string of the molecule is Cc1ccc(NC(=O)[C@@H](OC(=O)Cc2c(C)noc2C)c2ccccc2)cc1. The molecule has 1 N–H and O–H groups in total. The van der Waals surface area contributed by atoms with E-state index in [0.717, 1.165) is 5.56 Å². The lowest BCUT2D eigenvalue weighted by atomic mass is 10.1. The van der Waals surface area contributed by atoms with Crippen LogP contribution in [0, 0.1) is 20.8 Å². The van der Waals surface area contributed by atoms with Crippen molar-refractivity contribution in [2.75, 3.05) is 5.32 Å². The Morgan fingerprint density at radius 1 is 1.04 bits per heavy atom. The number of nitrogens with one attached hydrogen (secondary N) is 1. The van der Waals surface area contributed by atoms with Gasteiger partial charge in [-0.2, -0.15) is 0 Å². The van der Waals surface area contributed by atoms with Crippen LogP contribution in [0.5, 0.6) is 0 Å². The highest BCUT2D eigenvalue weighted by atomic mass is 16.5. The van der Waals surface area contributed by atoms with Gasteiger partial charge in [0.2, 0.25) is 6.10 Å². The summed E-state index contributed by atoms with van der Waals surface area (Å²) in [6.07, 6.45) is -1.07. The van der Waals surface area contributed by atoms with Gasteiger partial charge in [0.25, 0.3) is 5.91 Å². The number of carbonyl (C=O) groups is 2. The zero-order chi connectivity index (χ0) is 20.1. The molecule has 2 aromatic carbocycles. The van der Waals surface area contributed by atoms with E-state index in [-0.39, 0.29) is 6.42 Å². The van der Waals surface area contributed by atoms with Crippen LogP contribution in [0.4, 0.5) is 5.69 Å². The molecule has 3 rings (SSSR count). The van der Waals surface area contributed by atoms with Crippen LogP contribution in [-0.2, 0) is 20.7 Å². The molecule has 0 aliphatic carbocycles. The highest BCUT2D eigenvalue weighted by molar-refractivity contribution is 5.96. The van der Waals surface area contributed by atoms with Crippen molar-refractivity contribution in [1.82, 2.24) is 5.16 Å². The number of aryl methyl sites for hydroxylation is 3. The summed E-state index contributed by atoms with van der Waals surface area (Å²) in [6, 6.07) is 16.3. The number of aromatic nitrogens is 1. The molecule has 0 spiro atoms. The average Bonchev–Trinajstić information content (AvgIpc) is 3.00. The summed E-state index contributed by atoms with van der Waals surface area (Å²) in [6.45, 7) is 5.47. The summed E-state index contributed by atoms with van der Waals surface area (Å²) < 4.78 is 10.6. The number of benzene rings is 2. The molecule has 3 aromatic rings. The molecule has 1 heterocycles. The molecule has 0 aliphatic heterocycles. The standard InChI is InChI=1S/C22H22N2O4/c1-14-9-11-18(12-10-14)23-22(26)21(17-7-5-4-6-8-17)27-20(25)13-19-15(2)24-28-16(19)3/h4-12,21H,13H2,1-3H3,(H,23,26)/t21-/m0/s1. The quantitative estimate of drug-likeness (QED) is 0.654. The first kappa shape index (κ1) is 19.4. The minimum Gasteiger partial charge on any atom is -0.447 e. The zero-order valence-electron chi connectivity index (χ0n) is 16.1. The van der Waals surface area contributed by atoms with Crippen molar-refractivity contribution in [3.05, 3.63) is 82.7 Å². The molecule has 6 nitrogen and oxygen atoms in total. The summed E-state index contributed by atoms with van der Waals surface area (Å²) in [5, 5.41) is 6.65. The molecular formula is C22H22N2O4. The molecule has 0 radical (unpaired) electrons. The van der Waals surface area contributed by atoms with Gasteiger partial charge in [0, 0.05) is 16.8 Å². The maximum absolute atomic E-state index is 12.9. The molecule has 0 saturated heterocycles. The van der Waals surface area contributed by atoms with Gasteiger partial charge in [-0.3, -0.25) is 9.59 Å². The molecule has 1 atom stereocenters. The van der Waals surface area contributed by atoms with Crippen molar-refractivity contribution in [3.8, 4) is 0 Å². The van der Waals surface area contributed by atoms with Crippen LogP contribution < -0.4 is 5.32 Å². The number of anilines is 1. The second kappa shape index (κ2) is 8.52. The third kappa shape index (κ3) is 4.65. The smallest absolute Gasteiger partial charge is 0.311 e. The number of esters is 1. The third-order valence-electron chi connectivity index (χ3n) is 4.41. The third-order valence-corrected chi connectivity index (χ3v) is 4.41. The van der Waals surface area contributed by atoms with E-state index in [9.17, 15) is 9.59 Å². The molecular weight excluding hydrogens is 356 g/mol. The lowest BCUT2D eigenvalue weighted by Gasteiger charge is -2.18. The number of nitrogens with zero attached hydrogens (tertiary/aromatic N) is 1. The van der Waals surface area contributed by atoms with Crippen LogP contribution in [0.25, 0.3) is 0 Å². The molecule has 0 unspecified atom stereocenters. The average molecular weight is 378 g/mol. The molecule has 0 aliphatic rings. The van der Waals surface area contributed by atoms with Crippen LogP contribution in [0.1, 0.15) is 34.2 Å². The summed E-state index contributed by atoms with van der Waals surface area (Å²) in [4.78, 5) is 25.4. The van der Waals surface area contributed by atoms with Crippen molar-refractivity contribution in [3.63, 3.8) is 0 Å². The zero-order valence-corrected chi connectivity index (χ0v) is 16.1. The number of ether oxygens (including phenoxy) is 1. The van der Waals surface area contributed by atoms with Gasteiger partial charge in [-0.15, -0.1) is 0 Å². The highest BCUT2D eigenvalue weighted by Gasteiger charge is 2.26. The van der Waals surface area contributed by atoms with Gasteiger partial charge in [0.05, 0.1) is 12.1 Å². The van der Waals surface area contributed by atoms with Crippen molar-refractivity contribution < 1.29 is 18.8 Å². The molecule has 28 heavy (non-hydrogen) atoms. The number of amides is 1. The first-order chi connectivity index (χ1) is 13.4. The lowest BCUT2D eigenvalue weighted by molar-refractivity contribution is -0.154. The number of hydrogen-bond acceptors (Lipinski definition) is 5. The Hall–Kier alpha value is -3.41. The van der Waals surface area contributed by atoms with Gasteiger partial charge in [-0.25, -0.2) is 0 Å². The fraction of sp³-hybridized carbons (Fsp3) is 0.227. The Balaban J connectivity index is 1.78. The minimum absolute atomic E-state index is 0.0116. The largest absolute Gasteiger partial charge is 0.447 e. The van der Waals surface area contributed by atoms with Crippen molar-refractivity contribution in [1.29, 1.82) is 0 Å². The molecule has 0 fully saturated rings. The highest BCUT2D eigenvalue weighted by Crippen LogP contribution is 2.22. The van der Waals surface area contributed by atoms with Crippen LogP contribution in [-0.4, -0.2) is 17.0 Å². The van der Waals surface area contributed by atoms with E-state index in [2.05, 4.69) is 10.5 Å². The minimum atomic E-state index is -1.06. The fourth-order valence-electron chi connectivity index (χ4n) is 2.82. The van der Waals surface area contributed by atoms with Crippen molar-refractivity contribution >= 4 is 17.6 Å². The lowest BCUT2D eigenvalue weighted by Crippen LogP contribution is -2.26. The maximum atomic E-state index is 12.9. The summed E-state index contributed by atoms with van der Waals surface area (Å²) in [5.41, 5.74) is 3.63. The Kier molecular flexibility index (Phi) is 5.89. The Morgan fingerprint density at radius 3 is 2.32 bits per heavy atom. The molecule has 1 aromatic heterocycles. The Morgan fingerprint density at radius 2 is 1.71 bits per heavy atom. The second-order valence-electron chi connectivity index (χ2n) is 6.62. The van der Waals surface area contributed by atoms with Crippen LogP contribution in [0.3, 0.4) is 0 Å². The topological polar surface area (TPSA) is 81.4 Å². The molecule has 144 valence electrons. The molecule has 6 heteroatoms. The van der Waals surface area contributed by atoms with Crippen molar-refractivity contribution in [2.24, 2.45) is 0 Å². The van der Waals surface area contributed by atoms with E-state index in [1.165, 1.54) is 0 Å². The van der Waals surface area contributed by atoms with Gasteiger partial charge in [0.1, 0.15) is 5.76 Å². The summed E-state index contributed by atoms with van der Waals surface area (Å²) >= 11 is 0. The number of hydrogen-bond donors (Lipinski definition) is 1. The van der Waals surface area contributed by atoms with Gasteiger partial charge in [-0.1, -0.05) is 53.2 Å². The maximum Gasteiger partial charge on any atom is 0.311 e. The molecule has 0 bridgehead atoms. The van der Waals surface area contributed by atoms with E-state index in [1.807, 2.05) is 25.1 Å². The Labute approximate surface area is 163 Å².